The largest absolute Gasteiger partial charge is 0.374 e. The minimum Gasteiger partial charge on any atom is -0.374 e. The van der Waals surface area contributed by atoms with Crippen molar-refractivity contribution in [2.45, 2.75) is 91.5 Å². The van der Waals surface area contributed by atoms with Gasteiger partial charge >= 0.3 is 0 Å². The summed E-state index contributed by atoms with van der Waals surface area (Å²) in [6, 6.07) is 0. The second kappa shape index (κ2) is 8.16. The van der Waals surface area contributed by atoms with Crippen LogP contribution in [0.15, 0.2) is 12.7 Å². The zero-order valence-corrected chi connectivity index (χ0v) is 16.8. The zero-order valence-electron chi connectivity index (χ0n) is 16.8. The number of ether oxygens (including phenoxy) is 2. The quantitative estimate of drug-likeness (QED) is 0.521. The molecule has 0 N–H and O–H groups in total. The van der Waals surface area contributed by atoms with E-state index in [9.17, 15) is 0 Å². The number of rotatable bonds is 8. The minimum atomic E-state index is -0.156. The Kier molecular flexibility index (Phi) is 7.35. The monoisotopic (exact) mass is 324 g/mol. The van der Waals surface area contributed by atoms with Gasteiger partial charge in [-0.2, -0.15) is 0 Å². The molecule has 0 aromatic heterocycles. The van der Waals surface area contributed by atoms with Crippen LogP contribution in [0, 0.1) is 23.7 Å². The highest BCUT2D eigenvalue weighted by Gasteiger charge is 2.45. The second-order valence-corrected chi connectivity index (χ2v) is 8.47. The molecule has 1 fully saturated rings. The molecule has 2 nitrogen and oxygen atoms in total. The van der Waals surface area contributed by atoms with E-state index >= 15 is 0 Å². The van der Waals surface area contributed by atoms with E-state index in [1.165, 1.54) is 12.8 Å². The summed E-state index contributed by atoms with van der Waals surface area (Å²) in [5.74, 6) is 2.04. The van der Waals surface area contributed by atoms with E-state index in [1.807, 2.05) is 13.2 Å². The number of methoxy groups -OCH3 is 1. The summed E-state index contributed by atoms with van der Waals surface area (Å²) >= 11 is 0. The van der Waals surface area contributed by atoms with E-state index in [2.05, 4.69) is 55.0 Å². The summed E-state index contributed by atoms with van der Waals surface area (Å²) in [6.07, 6.45) is 6.78. The Morgan fingerprint density at radius 1 is 1.04 bits per heavy atom. The average molecular weight is 325 g/mol. The standard InChI is InChI=1S/C21H40O2/c1-10-20(22-9)13-11-12-19(14-20)18(8)23-21(15(2)3,16(4)5)17(6)7/h10,15-19H,1,11-14H2,2-9H3. The lowest BCUT2D eigenvalue weighted by Crippen LogP contribution is -2.52. The molecule has 1 rings (SSSR count). The summed E-state index contributed by atoms with van der Waals surface area (Å²) in [4.78, 5) is 0. The van der Waals surface area contributed by atoms with Gasteiger partial charge in [0, 0.05) is 7.11 Å². The molecule has 3 unspecified atom stereocenters. The Hall–Kier alpha value is -0.340. The SMILES string of the molecule is C=CC1(OC)CCCC(C(C)OC(C(C)C)(C(C)C)C(C)C)C1. The molecule has 2 heteroatoms. The normalized spacial score (nSPS) is 27.7. The van der Waals surface area contributed by atoms with Crippen LogP contribution in [0.1, 0.15) is 74.1 Å². The van der Waals surface area contributed by atoms with Gasteiger partial charge in [-0.1, -0.05) is 47.6 Å². The minimum absolute atomic E-state index is 0.0687. The Labute approximate surface area is 145 Å². The van der Waals surface area contributed by atoms with Crippen molar-refractivity contribution < 1.29 is 9.47 Å². The van der Waals surface area contributed by atoms with Gasteiger partial charge in [0.1, 0.15) is 0 Å². The molecule has 0 aromatic carbocycles. The van der Waals surface area contributed by atoms with Crippen molar-refractivity contribution >= 4 is 0 Å². The van der Waals surface area contributed by atoms with Crippen LogP contribution < -0.4 is 0 Å². The van der Waals surface area contributed by atoms with Gasteiger partial charge in [0.25, 0.3) is 0 Å². The molecule has 0 saturated heterocycles. The molecule has 3 atom stereocenters. The summed E-state index contributed by atoms with van der Waals surface area (Å²) in [6.45, 7) is 20.1. The van der Waals surface area contributed by atoms with E-state index in [0.717, 1.165) is 12.8 Å². The molecule has 0 bridgehead atoms. The molecule has 1 saturated carbocycles. The molecule has 1 aliphatic rings. The lowest BCUT2D eigenvalue weighted by atomic mass is 9.71. The maximum atomic E-state index is 6.85. The number of hydrogen-bond donors (Lipinski definition) is 0. The van der Waals surface area contributed by atoms with Crippen LogP contribution in [0.5, 0.6) is 0 Å². The third-order valence-electron chi connectivity index (χ3n) is 6.32. The van der Waals surface area contributed by atoms with E-state index < -0.39 is 0 Å². The Morgan fingerprint density at radius 3 is 1.96 bits per heavy atom. The fourth-order valence-electron chi connectivity index (χ4n) is 4.99. The van der Waals surface area contributed by atoms with Gasteiger partial charge in [-0.15, -0.1) is 6.58 Å². The predicted octanol–water partition coefficient (Wildman–Crippen LogP) is 5.86. The van der Waals surface area contributed by atoms with E-state index in [0.29, 0.717) is 23.7 Å². The highest BCUT2D eigenvalue weighted by atomic mass is 16.5. The van der Waals surface area contributed by atoms with Crippen molar-refractivity contribution in [3.63, 3.8) is 0 Å². The first kappa shape index (κ1) is 20.7. The van der Waals surface area contributed by atoms with Gasteiger partial charge in [-0.3, -0.25) is 0 Å². The molecule has 23 heavy (non-hydrogen) atoms. The molecule has 0 heterocycles. The van der Waals surface area contributed by atoms with Crippen LogP contribution in [0.25, 0.3) is 0 Å². The molecule has 0 aromatic rings. The smallest absolute Gasteiger partial charge is 0.0859 e. The zero-order chi connectivity index (χ0) is 17.8. The molecule has 136 valence electrons. The summed E-state index contributed by atoms with van der Waals surface area (Å²) in [5, 5.41) is 0. The Balaban J connectivity index is 2.95. The molecule has 0 aliphatic heterocycles. The molecule has 0 radical (unpaired) electrons. The van der Waals surface area contributed by atoms with Crippen molar-refractivity contribution in [2.75, 3.05) is 7.11 Å². The van der Waals surface area contributed by atoms with Crippen LogP contribution >= 0.6 is 0 Å². The second-order valence-electron chi connectivity index (χ2n) is 8.47. The van der Waals surface area contributed by atoms with Crippen LogP contribution in [0.4, 0.5) is 0 Å². The van der Waals surface area contributed by atoms with Gasteiger partial charge in [0.2, 0.25) is 0 Å². The van der Waals surface area contributed by atoms with Crippen molar-refractivity contribution in [3.8, 4) is 0 Å². The first-order chi connectivity index (χ1) is 10.6. The Morgan fingerprint density at radius 2 is 1.57 bits per heavy atom. The fraction of sp³-hybridized carbons (Fsp3) is 0.905. The molecule has 1 aliphatic carbocycles. The molecular weight excluding hydrogens is 284 g/mol. The van der Waals surface area contributed by atoms with Gasteiger partial charge < -0.3 is 9.47 Å². The van der Waals surface area contributed by atoms with E-state index in [-0.39, 0.29) is 17.3 Å². The lowest BCUT2D eigenvalue weighted by molar-refractivity contribution is -0.190. The third kappa shape index (κ3) is 4.20. The van der Waals surface area contributed by atoms with Gasteiger partial charge in [-0.25, -0.2) is 0 Å². The highest BCUT2D eigenvalue weighted by molar-refractivity contribution is 5.02. The topological polar surface area (TPSA) is 18.5 Å². The van der Waals surface area contributed by atoms with Crippen molar-refractivity contribution in [1.29, 1.82) is 0 Å². The molecule has 0 spiro atoms. The average Bonchev–Trinajstić information content (AvgIpc) is 2.51. The van der Waals surface area contributed by atoms with E-state index in [4.69, 9.17) is 9.47 Å². The molecular formula is C21H40O2. The van der Waals surface area contributed by atoms with Crippen LogP contribution in [-0.2, 0) is 9.47 Å². The summed E-state index contributed by atoms with van der Waals surface area (Å²) in [7, 11) is 1.82. The van der Waals surface area contributed by atoms with Crippen molar-refractivity contribution in [1.82, 2.24) is 0 Å². The maximum Gasteiger partial charge on any atom is 0.0859 e. The van der Waals surface area contributed by atoms with Gasteiger partial charge in [-0.05, 0) is 56.3 Å². The van der Waals surface area contributed by atoms with Crippen molar-refractivity contribution in [3.05, 3.63) is 12.7 Å². The predicted molar refractivity (Wildman–Crippen MR) is 99.7 cm³/mol. The van der Waals surface area contributed by atoms with Gasteiger partial charge in [0.15, 0.2) is 0 Å². The first-order valence-electron chi connectivity index (χ1n) is 9.51. The summed E-state index contributed by atoms with van der Waals surface area (Å²) < 4.78 is 12.7. The third-order valence-corrected chi connectivity index (χ3v) is 6.32. The highest BCUT2D eigenvalue weighted by Crippen LogP contribution is 2.43. The molecule has 0 amide bonds. The van der Waals surface area contributed by atoms with E-state index in [1.54, 1.807) is 0 Å². The van der Waals surface area contributed by atoms with Crippen LogP contribution in [-0.4, -0.2) is 24.4 Å². The Bertz CT molecular complexity index is 350. The van der Waals surface area contributed by atoms with Crippen LogP contribution in [0.2, 0.25) is 0 Å². The number of hydrogen-bond acceptors (Lipinski definition) is 2. The lowest BCUT2D eigenvalue weighted by Gasteiger charge is -2.49. The maximum absolute atomic E-state index is 6.85. The fourth-order valence-corrected chi connectivity index (χ4v) is 4.99. The van der Waals surface area contributed by atoms with Crippen LogP contribution in [0.3, 0.4) is 0 Å². The van der Waals surface area contributed by atoms with Crippen molar-refractivity contribution in [2.24, 2.45) is 23.7 Å². The van der Waals surface area contributed by atoms with Gasteiger partial charge in [0.05, 0.1) is 17.3 Å². The summed E-state index contributed by atoms with van der Waals surface area (Å²) in [5.41, 5.74) is -0.225. The first-order valence-corrected chi connectivity index (χ1v) is 9.51.